The molecule has 3 aromatic rings. The van der Waals surface area contributed by atoms with Gasteiger partial charge in [-0.15, -0.1) is 0 Å². The first-order valence-electron chi connectivity index (χ1n) is 10.9. The Balaban J connectivity index is 1.52. The second-order valence-electron chi connectivity index (χ2n) is 8.29. The topological polar surface area (TPSA) is 93.3 Å². The number of amides is 1. The summed E-state index contributed by atoms with van der Waals surface area (Å²) in [5, 5.41) is 14.6. The summed E-state index contributed by atoms with van der Waals surface area (Å²) in [5.74, 6) is 0.392. The molecule has 2 heterocycles. The fraction of sp³-hybridized carbons (Fsp3) is 0.333. The summed E-state index contributed by atoms with van der Waals surface area (Å²) in [7, 11) is 0. The van der Waals surface area contributed by atoms with Gasteiger partial charge in [0.25, 0.3) is 11.6 Å². The van der Waals surface area contributed by atoms with Gasteiger partial charge in [-0.1, -0.05) is 37.3 Å². The number of hydrogen-bond acceptors (Lipinski definition) is 5. The van der Waals surface area contributed by atoms with Crippen LogP contribution in [-0.2, 0) is 0 Å². The Labute approximate surface area is 187 Å². The third-order valence-electron chi connectivity index (χ3n) is 6.12. The lowest BCUT2D eigenvalue weighted by Crippen LogP contribution is -2.42. The number of carbonyl (C=O) groups excluding carboxylic acids is 1. The molecule has 4 rings (SSSR count). The zero-order valence-electron chi connectivity index (χ0n) is 18.1. The standard InChI is InChI=1S/C24H27N5O3/c1-18-9-12-27(13-10-18)23(19-5-3-2-4-6-19)16-26-24(30)20-7-8-21(22(15-20)29(31)32)28-14-11-25-17-28/h2-8,11,14-15,17-18,23H,9-10,12-13,16H2,1H3,(H,26,30). The summed E-state index contributed by atoms with van der Waals surface area (Å²) in [6.07, 6.45) is 6.95. The van der Waals surface area contributed by atoms with Crippen molar-refractivity contribution < 1.29 is 9.72 Å². The van der Waals surface area contributed by atoms with Gasteiger partial charge in [0, 0.05) is 30.6 Å². The summed E-state index contributed by atoms with van der Waals surface area (Å²) in [6, 6.07) is 14.7. The van der Waals surface area contributed by atoms with Crippen LogP contribution in [-0.4, -0.2) is 44.9 Å². The summed E-state index contributed by atoms with van der Waals surface area (Å²) in [4.78, 5) is 30.4. The molecule has 0 radical (unpaired) electrons. The highest BCUT2D eigenvalue weighted by molar-refractivity contribution is 5.95. The van der Waals surface area contributed by atoms with Gasteiger partial charge in [0.05, 0.1) is 17.3 Å². The molecule has 1 fully saturated rings. The van der Waals surface area contributed by atoms with E-state index in [1.54, 1.807) is 29.1 Å². The highest BCUT2D eigenvalue weighted by atomic mass is 16.6. The van der Waals surface area contributed by atoms with Crippen LogP contribution in [0.4, 0.5) is 5.69 Å². The molecule has 1 saturated heterocycles. The molecule has 0 bridgehead atoms. The van der Waals surface area contributed by atoms with Crippen LogP contribution in [0, 0.1) is 16.0 Å². The number of nitrogens with zero attached hydrogens (tertiary/aromatic N) is 4. The average Bonchev–Trinajstić information content (AvgIpc) is 3.35. The molecule has 1 atom stereocenters. The van der Waals surface area contributed by atoms with Crippen LogP contribution in [0.2, 0.25) is 0 Å². The third kappa shape index (κ3) is 4.86. The molecule has 166 valence electrons. The number of nitro benzene ring substituents is 1. The van der Waals surface area contributed by atoms with E-state index in [-0.39, 0.29) is 23.2 Å². The molecular formula is C24H27N5O3. The molecular weight excluding hydrogens is 406 g/mol. The Morgan fingerprint density at radius 2 is 1.97 bits per heavy atom. The first-order chi connectivity index (χ1) is 15.5. The van der Waals surface area contributed by atoms with Gasteiger partial charge in [-0.05, 0) is 49.5 Å². The van der Waals surface area contributed by atoms with Crippen molar-refractivity contribution in [2.75, 3.05) is 19.6 Å². The van der Waals surface area contributed by atoms with E-state index in [4.69, 9.17) is 0 Å². The van der Waals surface area contributed by atoms with E-state index in [0.717, 1.165) is 31.5 Å². The second-order valence-corrected chi connectivity index (χ2v) is 8.29. The van der Waals surface area contributed by atoms with Crippen molar-refractivity contribution in [3.05, 3.63) is 88.5 Å². The van der Waals surface area contributed by atoms with E-state index < -0.39 is 4.92 Å². The summed E-state index contributed by atoms with van der Waals surface area (Å²) >= 11 is 0. The molecule has 32 heavy (non-hydrogen) atoms. The van der Waals surface area contributed by atoms with Crippen molar-refractivity contribution in [2.24, 2.45) is 5.92 Å². The molecule has 1 aliphatic heterocycles. The fourth-order valence-corrected chi connectivity index (χ4v) is 4.20. The first kappa shape index (κ1) is 21.7. The van der Waals surface area contributed by atoms with E-state index in [1.165, 1.54) is 12.4 Å². The maximum atomic E-state index is 12.9. The van der Waals surface area contributed by atoms with E-state index in [9.17, 15) is 14.9 Å². The predicted molar refractivity (Wildman–Crippen MR) is 122 cm³/mol. The number of benzene rings is 2. The van der Waals surface area contributed by atoms with Crippen molar-refractivity contribution in [1.29, 1.82) is 0 Å². The Kier molecular flexibility index (Phi) is 6.61. The summed E-state index contributed by atoms with van der Waals surface area (Å²) in [6.45, 7) is 4.69. The first-order valence-corrected chi connectivity index (χ1v) is 10.9. The normalized spacial score (nSPS) is 15.9. The molecule has 8 heteroatoms. The quantitative estimate of drug-likeness (QED) is 0.449. The summed E-state index contributed by atoms with van der Waals surface area (Å²) in [5.41, 5.74) is 1.65. The molecule has 8 nitrogen and oxygen atoms in total. The number of rotatable bonds is 7. The van der Waals surface area contributed by atoms with Crippen LogP contribution in [0.15, 0.2) is 67.3 Å². The van der Waals surface area contributed by atoms with Gasteiger partial charge in [0.15, 0.2) is 0 Å². The lowest BCUT2D eigenvalue weighted by atomic mass is 9.95. The molecule has 0 aliphatic carbocycles. The lowest BCUT2D eigenvalue weighted by molar-refractivity contribution is -0.384. The average molecular weight is 434 g/mol. The van der Waals surface area contributed by atoms with Gasteiger partial charge in [0.1, 0.15) is 5.69 Å². The third-order valence-corrected chi connectivity index (χ3v) is 6.12. The van der Waals surface area contributed by atoms with Crippen molar-refractivity contribution in [1.82, 2.24) is 19.8 Å². The molecule has 1 N–H and O–H groups in total. The van der Waals surface area contributed by atoms with E-state index in [2.05, 4.69) is 34.3 Å². The number of carbonyl (C=O) groups is 1. The van der Waals surface area contributed by atoms with Gasteiger partial charge in [-0.25, -0.2) is 4.98 Å². The molecule has 1 aliphatic rings. The van der Waals surface area contributed by atoms with Crippen molar-refractivity contribution >= 4 is 11.6 Å². The highest BCUT2D eigenvalue weighted by Gasteiger charge is 2.26. The van der Waals surface area contributed by atoms with Crippen LogP contribution < -0.4 is 5.32 Å². The van der Waals surface area contributed by atoms with Gasteiger partial charge in [-0.3, -0.25) is 19.8 Å². The Hall–Kier alpha value is -3.52. The van der Waals surface area contributed by atoms with Gasteiger partial charge < -0.3 is 9.88 Å². The molecule has 2 aromatic carbocycles. The maximum Gasteiger partial charge on any atom is 0.294 e. The lowest BCUT2D eigenvalue weighted by Gasteiger charge is -2.37. The van der Waals surface area contributed by atoms with E-state index in [0.29, 0.717) is 18.2 Å². The highest BCUT2D eigenvalue weighted by Crippen LogP contribution is 2.27. The smallest absolute Gasteiger partial charge is 0.294 e. The van der Waals surface area contributed by atoms with Crippen LogP contribution >= 0.6 is 0 Å². The molecule has 1 unspecified atom stereocenters. The zero-order valence-corrected chi connectivity index (χ0v) is 18.1. The molecule has 0 saturated carbocycles. The van der Waals surface area contributed by atoms with E-state index >= 15 is 0 Å². The Morgan fingerprint density at radius 1 is 1.22 bits per heavy atom. The monoisotopic (exact) mass is 433 g/mol. The van der Waals surface area contributed by atoms with E-state index in [1.807, 2.05) is 18.2 Å². The molecule has 1 amide bonds. The number of piperidine rings is 1. The van der Waals surface area contributed by atoms with Crippen LogP contribution in [0.1, 0.15) is 41.7 Å². The Bertz CT molecular complexity index is 1060. The minimum atomic E-state index is -0.478. The Morgan fingerprint density at radius 3 is 2.62 bits per heavy atom. The van der Waals surface area contributed by atoms with Gasteiger partial charge in [-0.2, -0.15) is 0 Å². The fourth-order valence-electron chi connectivity index (χ4n) is 4.20. The number of imidazole rings is 1. The SMILES string of the molecule is CC1CCN(C(CNC(=O)c2ccc(-n3ccnc3)c([N+](=O)[O-])c2)c2ccccc2)CC1. The number of aromatic nitrogens is 2. The van der Waals surface area contributed by atoms with Crippen molar-refractivity contribution in [3.8, 4) is 5.69 Å². The summed E-state index contributed by atoms with van der Waals surface area (Å²) < 4.78 is 1.56. The zero-order chi connectivity index (χ0) is 22.5. The predicted octanol–water partition coefficient (Wildman–Crippen LogP) is 3.98. The molecule has 1 aromatic heterocycles. The largest absolute Gasteiger partial charge is 0.350 e. The number of nitro groups is 1. The number of hydrogen-bond donors (Lipinski definition) is 1. The van der Waals surface area contributed by atoms with Gasteiger partial charge >= 0.3 is 0 Å². The van der Waals surface area contributed by atoms with Crippen molar-refractivity contribution in [3.63, 3.8) is 0 Å². The minimum Gasteiger partial charge on any atom is -0.350 e. The maximum absolute atomic E-state index is 12.9. The second kappa shape index (κ2) is 9.74. The van der Waals surface area contributed by atoms with Gasteiger partial charge in [0.2, 0.25) is 0 Å². The van der Waals surface area contributed by atoms with Crippen molar-refractivity contribution in [2.45, 2.75) is 25.8 Å². The minimum absolute atomic E-state index is 0.0628. The van der Waals surface area contributed by atoms with Crippen LogP contribution in [0.25, 0.3) is 5.69 Å². The van der Waals surface area contributed by atoms with Crippen LogP contribution in [0.3, 0.4) is 0 Å². The number of nitrogens with one attached hydrogen (secondary N) is 1. The van der Waals surface area contributed by atoms with Crippen LogP contribution in [0.5, 0.6) is 0 Å². The molecule has 0 spiro atoms. The number of likely N-dealkylation sites (tertiary alicyclic amines) is 1.